The van der Waals surface area contributed by atoms with Gasteiger partial charge in [-0.2, -0.15) is 13.2 Å². The molecule has 2 aromatic rings. The Kier molecular flexibility index (Phi) is 4.05. The van der Waals surface area contributed by atoms with Crippen LogP contribution in [0, 0.1) is 19.7 Å². The zero-order valence-electron chi connectivity index (χ0n) is 11.6. The van der Waals surface area contributed by atoms with E-state index in [1.165, 1.54) is 6.07 Å². The zero-order chi connectivity index (χ0) is 15.8. The smallest absolute Gasteiger partial charge is 0.320 e. The van der Waals surface area contributed by atoms with Crippen molar-refractivity contribution in [3.05, 3.63) is 70.0 Å². The fourth-order valence-electron chi connectivity index (χ4n) is 2.44. The van der Waals surface area contributed by atoms with E-state index in [1.807, 2.05) is 32.0 Å². The molecule has 2 aromatic carbocycles. The van der Waals surface area contributed by atoms with Gasteiger partial charge >= 0.3 is 6.18 Å². The van der Waals surface area contributed by atoms with Crippen LogP contribution in [0.15, 0.2) is 36.4 Å². The summed E-state index contributed by atoms with van der Waals surface area (Å²) in [5, 5.41) is 0. The van der Waals surface area contributed by atoms with Gasteiger partial charge in [-0.25, -0.2) is 4.39 Å². The first-order valence-corrected chi connectivity index (χ1v) is 6.40. The van der Waals surface area contributed by atoms with Crippen molar-refractivity contribution >= 4 is 0 Å². The lowest BCUT2D eigenvalue weighted by atomic mass is 9.91. The van der Waals surface area contributed by atoms with Crippen LogP contribution < -0.4 is 5.73 Å². The minimum Gasteiger partial charge on any atom is -0.320 e. The van der Waals surface area contributed by atoms with Crippen molar-refractivity contribution in [3.63, 3.8) is 0 Å². The SMILES string of the molecule is Cc1cccc(C)c1C(N)c1ccc(C(F)(F)F)c(F)c1. The molecule has 1 unspecified atom stereocenters. The summed E-state index contributed by atoms with van der Waals surface area (Å²) in [6, 6.07) is 7.75. The molecule has 2 N–H and O–H groups in total. The van der Waals surface area contributed by atoms with Gasteiger partial charge in [-0.3, -0.25) is 0 Å². The van der Waals surface area contributed by atoms with Gasteiger partial charge in [0.25, 0.3) is 0 Å². The molecule has 2 rings (SSSR count). The van der Waals surface area contributed by atoms with Gasteiger partial charge in [-0.05, 0) is 48.2 Å². The van der Waals surface area contributed by atoms with E-state index >= 15 is 0 Å². The van der Waals surface area contributed by atoms with Crippen LogP contribution >= 0.6 is 0 Å². The molecule has 21 heavy (non-hydrogen) atoms. The number of halogens is 4. The molecule has 0 aliphatic rings. The van der Waals surface area contributed by atoms with Gasteiger partial charge in [0, 0.05) is 0 Å². The lowest BCUT2D eigenvalue weighted by Crippen LogP contribution is -2.16. The highest BCUT2D eigenvalue weighted by Crippen LogP contribution is 2.33. The Balaban J connectivity index is 2.46. The third-order valence-corrected chi connectivity index (χ3v) is 3.51. The average Bonchev–Trinajstić information content (AvgIpc) is 2.36. The number of hydrogen-bond acceptors (Lipinski definition) is 1. The zero-order valence-corrected chi connectivity index (χ0v) is 11.6. The lowest BCUT2D eigenvalue weighted by Gasteiger charge is -2.19. The van der Waals surface area contributed by atoms with Crippen molar-refractivity contribution in [2.75, 3.05) is 0 Å². The molecule has 5 heteroatoms. The summed E-state index contributed by atoms with van der Waals surface area (Å²) < 4.78 is 51.3. The van der Waals surface area contributed by atoms with E-state index in [0.29, 0.717) is 5.56 Å². The highest BCUT2D eigenvalue weighted by atomic mass is 19.4. The summed E-state index contributed by atoms with van der Waals surface area (Å²) in [6.45, 7) is 3.73. The third kappa shape index (κ3) is 3.08. The molecule has 0 aromatic heterocycles. The van der Waals surface area contributed by atoms with Crippen molar-refractivity contribution in [3.8, 4) is 0 Å². The van der Waals surface area contributed by atoms with Crippen molar-refractivity contribution in [1.29, 1.82) is 0 Å². The van der Waals surface area contributed by atoms with Crippen LogP contribution in [0.4, 0.5) is 17.6 Å². The maximum atomic E-state index is 13.6. The van der Waals surface area contributed by atoms with E-state index in [4.69, 9.17) is 5.73 Å². The van der Waals surface area contributed by atoms with Crippen molar-refractivity contribution < 1.29 is 17.6 Å². The van der Waals surface area contributed by atoms with Crippen LogP contribution in [0.5, 0.6) is 0 Å². The number of nitrogens with two attached hydrogens (primary N) is 1. The van der Waals surface area contributed by atoms with Gasteiger partial charge in [-0.15, -0.1) is 0 Å². The molecule has 0 amide bonds. The molecule has 0 aliphatic carbocycles. The minimum absolute atomic E-state index is 0.318. The largest absolute Gasteiger partial charge is 0.419 e. The Bertz CT molecular complexity index is 642. The normalized spacial score (nSPS) is 13.3. The quantitative estimate of drug-likeness (QED) is 0.811. The first-order chi connectivity index (χ1) is 9.71. The summed E-state index contributed by atoms with van der Waals surface area (Å²) in [4.78, 5) is 0. The van der Waals surface area contributed by atoms with E-state index in [9.17, 15) is 17.6 Å². The molecular weight excluding hydrogens is 282 g/mol. The summed E-state index contributed by atoms with van der Waals surface area (Å²) >= 11 is 0. The molecule has 0 bridgehead atoms. The molecule has 112 valence electrons. The Hall–Kier alpha value is -1.88. The van der Waals surface area contributed by atoms with Crippen molar-refractivity contribution in [2.45, 2.75) is 26.1 Å². The monoisotopic (exact) mass is 297 g/mol. The Labute approximate surface area is 120 Å². The van der Waals surface area contributed by atoms with Crippen molar-refractivity contribution in [1.82, 2.24) is 0 Å². The Morgan fingerprint density at radius 3 is 2.05 bits per heavy atom. The molecule has 0 aliphatic heterocycles. The fraction of sp³-hybridized carbons (Fsp3) is 0.250. The van der Waals surface area contributed by atoms with Crippen LogP contribution in [0.1, 0.15) is 33.9 Å². The van der Waals surface area contributed by atoms with Crippen molar-refractivity contribution in [2.24, 2.45) is 5.73 Å². The second-order valence-electron chi connectivity index (χ2n) is 5.02. The highest BCUT2D eigenvalue weighted by molar-refractivity contribution is 5.42. The predicted molar refractivity (Wildman–Crippen MR) is 73.3 cm³/mol. The molecule has 0 radical (unpaired) electrons. The summed E-state index contributed by atoms with van der Waals surface area (Å²) in [5.41, 5.74) is 7.78. The maximum absolute atomic E-state index is 13.6. The molecule has 0 saturated carbocycles. The van der Waals surface area contributed by atoms with E-state index in [-0.39, 0.29) is 0 Å². The van der Waals surface area contributed by atoms with Crippen LogP contribution in [0.25, 0.3) is 0 Å². The van der Waals surface area contributed by atoms with Crippen LogP contribution in [-0.4, -0.2) is 0 Å². The second kappa shape index (κ2) is 5.48. The second-order valence-corrected chi connectivity index (χ2v) is 5.02. The van der Waals surface area contributed by atoms with Crippen LogP contribution in [0.2, 0.25) is 0 Å². The van der Waals surface area contributed by atoms with Crippen LogP contribution in [0.3, 0.4) is 0 Å². The number of aryl methyl sites for hydroxylation is 2. The van der Waals surface area contributed by atoms with E-state index in [1.54, 1.807) is 0 Å². The number of alkyl halides is 3. The van der Waals surface area contributed by atoms with E-state index in [2.05, 4.69) is 0 Å². The van der Waals surface area contributed by atoms with Gasteiger partial charge in [0.05, 0.1) is 11.6 Å². The average molecular weight is 297 g/mol. The highest BCUT2D eigenvalue weighted by Gasteiger charge is 2.34. The van der Waals surface area contributed by atoms with Gasteiger partial charge in [0.2, 0.25) is 0 Å². The third-order valence-electron chi connectivity index (χ3n) is 3.51. The van der Waals surface area contributed by atoms with E-state index in [0.717, 1.165) is 28.8 Å². The minimum atomic E-state index is -4.70. The maximum Gasteiger partial charge on any atom is 0.419 e. The summed E-state index contributed by atoms with van der Waals surface area (Å²) in [6.07, 6.45) is -4.70. The van der Waals surface area contributed by atoms with E-state index < -0.39 is 23.6 Å². The molecular formula is C16H15F4N. The molecule has 1 nitrogen and oxygen atoms in total. The number of benzene rings is 2. The fourth-order valence-corrected chi connectivity index (χ4v) is 2.44. The molecule has 0 spiro atoms. The molecule has 0 heterocycles. The molecule has 0 saturated heterocycles. The standard InChI is InChI=1S/C16H15F4N/c1-9-4-3-5-10(2)14(9)15(21)11-6-7-12(13(17)8-11)16(18,19)20/h3-8,15H,21H2,1-2H3. The van der Waals surface area contributed by atoms with Gasteiger partial charge < -0.3 is 5.73 Å². The molecule has 1 atom stereocenters. The Morgan fingerprint density at radius 1 is 1.00 bits per heavy atom. The number of rotatable bonds is 2. The summed E-state index contributed by atoms with van der Waals surface area (Å²) in [7, 11) is 0. The topological polar surface area (TPSA) is 26.0 Å². The first-order valence-electron chi connectivity index (χ1n) is 6.40. The van der Waals surface area contributed by atoms with Crippen LogP contribution in [-0.2, 0) is 6.18 Å². The predicted octanol–water partition coefficient (Wildman–Crippen LogP) is 4.51. The lowest BCUT2D eigenvalue weighted by molar-refractivity contribution is -0.140. The summed E-state index contributed by atoms with van der Waals surface area (Å²) in [5.74, 6) is -1.30. The van der Waals surface area contributed by atoms with Gasteiger partial charge in [0.15, 0.2) is 0 Å². The number of hydrogen-bond donors (Lipinski definition) is 1. The molecule has 0 fully saturated rings. The first kappa shape index (κ1) is 15.5. The van der Waals surface area contributed by atoms with Gasteiger partial charge in [-0.1, -0.05) is 24.3 Å². The Morgan fingerprint density at radius 2 is 1.57 bits per heavy atom. The van der Waals surface area contributed by atoms with Gasteiger partial charge in [0.1, 0.15) is 5.82 Å².